The van der Waals surface area contributed by atoms with Crippen LogP contribution in [0.1, 0.15) is 22.3 Å². The smallest absolute Gasteiger partial charge is 0.189 e. The number of Topliss-reactive ketones (excluding diaryl/α,β-unsaturated/α-hetero) is 1. The van der Waals surface area contributed by atoms with E-state index in [1.165, 1.54) is 28.0 Å². The molecule has 42 heavy (non-hydrogen) atoms. The maximum absolute atomic E-state index is 12.7. The summed E-state index contributed by atoms with van der Waals surface area (Å²) >= 11 is 0. The summed E-state index contributed by atoms with van der Waals surface area (Å²) in [6.45, 7) is 1.86. The molecule has 6 heteroatoms. The van der Waals surface area contributed by atoms with Crippen LogP contribution in [-0.2, 0) is 30.3 Å². The third-order valence-corrected chi connectivity index (χ3v) is 11.3. The molecule has 5 aromatic carbocycles. The minimum atomic E-state index is -3.86. The summed E-state index contributed by atoms with van der Waals surface area (Å²) in [6.07, 6.45) is 6.84. The van der Waals surface area contributed by atoms with E-state index in [2.05, 4.69) is 96.9 Å². The summed E-state index contributed by atoms with van der Waals surface area (Å²) in [5.74, 6) is 1.54. The van der Waals surface area contributed by atoms with Gasteiger partial charge in [0.15, 0.2) is 15.6 Å². The van der Waals surface area contributed by atoms with Crippen LogP contribution in [0.4, 0.5) is 0 Å². The van der Waals surface area contributed by atoms with Crippen LogP contribution in [-0.4, -0.2) is 19.5 Å². The maximum Gasteiger partial charge on any atom is 0.189 e. The normalized spacial score (nSPS) is 11.3. The molecule has 0 aliphatic carbocycles. The third kappa shape index (κ3) is 8.45. The van der Waals surface area contributed by atoms with Crippen LogP contribution in [0.5, 0.6) is 0 Å². The minimum absolute atomic E-state index is 0. The summed E-state index contributed by atoms with van der Waals surface area (Å²) in [4.78, 5) is 12.6. The molecule has 0 heterocycles. The Morgan fingerprint density at radius 3 is 1.43 bits per heavy atom. The summed E-state index contributed by atoms with van der Waals surface area (Å²) in [5, 5.41) is 2.98. The first-order valence-electron chi connectivity index (χ1n) is 13.2. The molecule has 5 rings (SSSR count). The molecule has 5 aromatic rings. The van der Waals surface area contributed by atoms with Crippen LogP contribution in [0, 0.1) is 19.3 Å². The van der Waals surface area contributed by atoms with Crippen molar-refractivity contribution in [2.45, 2.75) is 23.5 Å². The first kappa shape index (κ1) is 32.9. The van der Waals surface area contributed by atoms with Gasteiger partial charge in [0, 0.05) is 26.0 Å². The van der Waals surface area contributed by atoms with Crippen LogP contribution in [0.2, 0.25) is 0 Å². The molecule has 0 bridgehead atoms. The number of aryl methyl sites for hydroxylation is 1. The molecule has 3 nitrogen and oxygen atoms in total. The van der Waals surface area contributed by atoms with E-state index in [1.807, 2.05) is 6.92 Å². The number of hydrogen-bond acceptors (Lipinski definition) is 3. The van der Waals surface area contributed by atoms with E-state index >= 15 is 0 Å². The van der Waals surface area contributed by atoms with E-state index < -0.39 is 28.8 Å². The van der Waals surface area contributed by atoms with Gasteiger partial charge in [0.1, 0.15) is 21.2 Å². The van der Waals surface area contributed by atoms with E-state index in [0.29, 0.717) is 5.56 Å². The predicted molar refractivity (Wildman–Crippen MR) is 171 cm³/mol. The SMILES string of the molecule is [C-]#CC[C@@H](C(=O)c1ccccc1)S(=O)(=O)c1ccc(C)cc1.[Pd].c1ccc([PH+](c2ccccc2)c2ccccc2)cc1. The topological polar surface area (TPSA) is 51.2 Å². The van der Waals surface area contributed by atoms with Gasteiger partial charge in [-0.1, -0.05) is 103 Å². The molecule has 214 valence electrons. The van der Waals surface area contributed by atoms with E-state index in [9.17, 15) is 13.2 Å². The van der Waals surface area contributed by atoms with Crippen LogP contribution in [0.3, 0.4) is 0 Å². The third-order valence-electron chi connectivity index (χ3n) is 6.55. The summed E-state index contributed by atoms with van der Waals surface area (Å²) in [5.41, 5.74) is 1.25. The predicted octanol–water partition coefficient (Wildman–Crippen LogP) is 6.17. The molecule has 0 spiro atoms. The number of hydrogen-bond donors (Lipinski definition) is 0. The molecule has 0 saturated carbocycles. The van der Waals surface area contributed by atoms with Crippen LogP contribution in [0.15, 0.2) is 150 Å². The number of sulfone groups is 1. The molecule has 0 aromatic heterocycles. The van der Waals surface area contributed by atoms with Crippen molar-refractivity contribution in [3.63, 3.8) is 0 Å². The van der Waals surface area contributed by atoms with Crippen molar-refractivity contribution in [2.24, 2.45) is 0 Å². The zero-order chi connectivity index (χ0) is 29.1. The van der Waals surface area contributed by atoms with Gasteiger partial charge in [-0.3, -0.25) is 4.79 Å². The second kappa shape index (κ2) is 16.1. The monoisotopic (exact) mass is 680 g/mol. The Labute approximate surface area is 264 Å². The Morgan fingerprint density at radius 1 is 0.667 bits per heavy atom. The van der Waals surface area contributed by atoms with Gasteiger partial charge >= 0.3 is 0 Å². The van der Waals surface area contributed by atoms with Crippen molar-refractivity contribution in [3.8, 4) is 5.92 Å². The van der Waals surface area contributed by atoms with E-state index in [4.69, 9.17) is 6.42 Å². The molecule has 0 amide bonds. The zero-order valence-corrected chi connectivity index (χ0v) is 26.5. The average Bonchev–Trinajstić information content (AvgIpc) is 3.02. The second-order valence-electron chi connectivity index (χ2n) is 9.43. The van der Waals surface area contributed by atoms with Gasteiger partial charge in [0.2, 0.25) is 0 Å². The fourth-order valence-corrected chi connectivity index (χ4v) is 8.57. The number of ketones is 1. The molecule has 0 aliphatic heterocycles. The van der Waals surface area contributed by atoms with Gasteiger partial charge < -0.3 is 12.3 Å². The Kier molecular flexibility index (Phi) is 12.6. The molecule has 0 unspecified atom stereocenters. The Balaban J connectivity index is 0.000000227. The van der Waals surface area contributed by atoms with Gasteiger partial charge in [-0.2, -0.15) is 0 Å². The van der Waals surface area contributed by atoms with Crippen molar-refractivity contribution in [2.75, 3.05) is 0 Å². The van der Waals surface area contributed by atoms with Crippen LogP contribution in [0.25, 0.3) is 0 Å². The Hall–Kier alpha value is -3.63. The largest absolute Gasteiger partial charge is 0.694 e. The van der Waals surface area contributed by atoms with Crippen molar-refractivity contribution in [1.29, 1.82) is 0 Å². The molecule has 1 atom stereocenters. The minimum Gasteiger partial charge on any atom is -0.694 e. The number of carbonyl (C=O) groups is 1. The van der Waals surface area contributed by atoms with Gasteiger partial charge in [0.05, 0.1) is 12.8 Å². The molecule has 0 saturated heterocycles. The molecule has 0 aliphatic rings. The molecule has 0 fully saturated rings. The number of rotatable bonds is 8. The van der Waals surface area contributed by atoms with Gasteiger partial charge in [-0.25, -0.2) is 8.42 Å². The zero-order valence-electron chi connectivity index (χ0n) is 23.1. The van der Waals surface area contributed by atoms with Crippen LogP contribution < -0.4 is 15.9 Å². The first-order valence-corrected chi connectivity index (χ1v) is 16.3. The fourth-order valence-electron chi connectivity index (χ4n) is 4.43. The quantitative estimate of drug-likeness (QED) is 0.0648. The average molecular weight is 681 g/mol. The molecule has 0 N–H and O–H groups in total. The number of carbonyl (C=O) groups excluding carboxylic acids is 1. The van der Waals surface area contributed by atoms with E-state index in [-0.39, 0.29) is 31.7 Å². The van der Waals surface area contributed by atoms with Crippen LogP contribution >= 0.6 is 7.92 Å². The molecule has 0 radical (unpaired) electrons. The van der Waals surface area contributed by atoms with E-state index in [0.717, 1.165) is 5.56 Å². The van der Waals surface area contributed by atoms with E-state index in [1.54, 1.807) is 42.5 Å². The summed E-state index contributed by atoms with van der Waals surface area (Å²) in [7, 11) is -4.74. The molecular formula is C36H31O3PPdS. The van der Waals surface area contributed by atoms with Gasteiger partial charge in [-0.15, -0.1) is 0 Å². The summed E-state index contributed by atoms with van der Waals surface area (Å²) < 4.78 is 25.4. The van der Waals surface area contributed by atoms with Gasteiger partial charge in [0.25, 0.3) is 0 Å². The first-order chi connectivity index (χ1) is 19.9. The van der Waals surface area contributed by atoms with Gasteiger partial charge in [-0.05, 0) is 61.9 Å². The molecular weight excluding hydrogens is 650 g/mol. The van der Waals surface area contributed by atoms with Crippen molar-refractivity contribution in [1.82, 2.24) is 0 Å². The van der Waals surface area contributed by atoms with Crippen molar-refractivity contribution >= 4 is 39.5 Å². The maximum atomic E-state index is 12.7. The Bertz CT molecular complexity index is 1590. The number of benzene rings is 5. The Morgan fingerprint density at radius 2 is 1.05 bits per heavy atom. The standard InChI is InChI=1S/C18H15O3S.C18H15P.Pd/c1-3-7-17(18(19)15-8-5-4-6-9-15)22(20,21)16-12-10-14(2)11-13-16;1-4-10-16(11-5-1)19(17-12-6-2-7-13-17)18-14-8-3-9-15-18;/h4-6,8-13,17H,7H2,2H3;1-15H;/q-1;;/p+1/t17-;;/m0../s1. The summed E-state index contributed by atoms with van der Waals surface area (Å²) in [6, 6.07) is 47.1. The van der Waals surface area contributed by atoms with Crippen molar-refractivity contribution < 1.29 is 33.6 Å². The van der Waals surface area contributed by atoms with Crippen molar-refractivity contribution in [3.05, 3.63) is 163 Å². The fraction of sp³-hybridized carbons (Fsp3) is 0.0833. The second-order valence-corrected chi connectivity index (χ2v) is 14.0.